The van der Waals surface area contributed by atoms with Crippen LogP contribution in [0.25, 0.3) is 0 Å². The molecular weight excluding hydrogens is 136 g/mol. The highest BCUT2D eigenvalue weighted by molar-refractivity contribution is 6.02. The van der Waals surface area contributed by atoms with Gasteiger partial charge in [0, 0.05) is 17.0 Å². The molecule has 0 aliphatic rings. The summed E-state index contributed by atoms with van der Waals surface area (Å²) in [7, 11) is 0. The third-order valence-corrected chi connectivity index (χ3v) is 1.64. The number of para-hydroxylation sites is 1. The Morgan fingerprint density at radius 3 is 2.64 bits per heavy atom. The molecule has 1 aromatic carbocycles. The lowest BCUT2D eigenvalue weighted by atomic mass is 10.1. The van der Waals surface area contributed by atoms with E-state index in [2.05, 4.69) is 0 Å². The molecule has 0 amide bonds. The van der Waals surface area contributed by atoms with Crippen LogP contribution in [0.1, 0.15) is 18.9 Å². The molecule has 3 N–H and O–H groups in total. The van der Waals surface area contributed by atoms with Crippen LogP contribution in [0.2, 0.25) is 0 Å². The van der Waals surface area contributed by atoms with E-state index in [1.807, 2.05) is 31.2 Å². The molecule has 0 aromatic heterocycles. The van der Waals surface area contributed by atoms with Gasteiger partial charge in [-0.15, -0.1) is 0 Å². The highest BCUT2D eigenvalue weighted by Crippen LogP contribution is 2.11. The Bertz CT molecular complexity index is 266. The molecule has 11 heavy (non-hydrogen) atoms. The molecule has 58 valence electrons. The van der Waals surface area contributed by atoms with E-state index in [0.717, 1.165) is 12.0 Å². The standard InChI is InChI=1S/C9H12N2/c1-2-8(10)7-5-3-4-6-9(7)11/h3-6,10H,2,11H2,1H3. The summed E-state index contributed by atoms with van der Waals surface area (Å²) >= 11 is 0. The first-order valence-electron chi connectivity index (χ1n) is 3.68. The molecule has 2 heteroatoms. The Kier molecular flexibility index (Phi) is 2.26. The maximum Gasteiger partial charge on any atom is 0.0405 e. The van der Waals surface area contributed by atoms with Gasteiger partial charge in [-0.25, -0.2) is 0 Å². The van der Waals surface area contributed by atoms with Crippen molar-refractivity contribution >= 4 is 11.4 Å². The molecule has 0 bridgehead atoms. The Hall–Kier alpha value is -1.31. The summed E-state index contributed by atoms with van der Waals surface area (Å²) < 4.78 is 0. The molecule has 0 heterocycles. The summed E-state index contributed by atoms with van der Waals surface area (Å²) in [6.07, 6.45) is 0.730. The molecule has 0 aliphatic heterocycles. The van der Waals surface area contributed by atoms with Gasteiger partial charge in [-0.2, -0.15) is 0 Å². The van der Waals surface area contributed by atoms with Gasteiger partial charge in [-0.05, 0) is 12.5 Å². The minimum absolute atomic E-state index is 0.600. The van der Waals surface area contributed by atoms with Crippen molar-refractivity contribution in [3.05, 3.63) is 29.8 Å². The maximum absolute atomic E-state index is 7.54. The zero-order valence-electron chi connectivity index (χ0n) is 6.59. The molecule has 1 aromatic rings. The van der Waals surface area contributed by atoms with Crippen molar-refractivity contribution in [3.8, 4) is 0 Å². The fourth-order valence-corrected chi connectivity index (χ4v) is 0.962. The van der Waals surface area contributed by atoms with Crippen LogP contribution in [0.5, 0.6) is 0 Å². The zero-order valence-corrected chi connectivity index (χ0v) is 6.59. The highest BCUT2D eigenvalue weighted by atomic mass is 14.6. The van der Waals surface area contributed by atoms with Crippen LogP contribution in [0.4, 0.5) is 5.69 Å². The van der Waals surface area contributed by atoms with Crippen molar-refractivity contribution in [1.82, 2.24) is 0 Å². The van der Waals surface area contributed by atoms with Crippen molar-refractivity contribution in [3.63, 3.8) is 0 Å². The lowest BCUT2D eigenvalue weighted by molar-refractivity contribution is 1.24. The summed E-state index contributed by atoms with van der Waals surface area (Å²) in [6, 6.07) is 7.47. The molecule has 1 rings (SSSR count). The normalized spacial score (nSPS) is 9.55. The van der Waals surface area contributed by atoms with Crippen LogP contribution in [0.15, 0.2) is 24.3 Å². The third kappa shape index (κ3) is 1.58. The van der Waals surface area contributed by atoms with E-state index in [0.29, 0.717) is 11.4 Å². The van der Waals surface area contributed by atoms with Crippen molar-refractivity contribution in [2.45, 2.75) is 13.3 Å². The molecular formula is C9H12N2. The summed E-state index contributed by atoms with van der Waals surface area (Å²) in [5.41, 5.74) is 7.81. The van der Waals surface area contributed by atoms with Crippen LogP contribution in [-0.2, 0) is 0 Å². The average Bonchev–Trinajstić information content (AvgIpc) is 2.04. The number of rotatable bonds is 2. The number of nitrogen functional groups attached to an aromatic ring is 1. The van der Waals surface area contributed by atoms with Gasteiger partial charge in [0.25, 0.3) is 0 Å². The minimum atomic E-state index is 0.600. The zero-order chi connectivity index (χ0) is 8.27. The fraction of sp³-hybridized carbons (Fsp3) is 0.222. The monoisotopic (exact) mass is 148 g/mol. The Balaban J connectivity index is 3.03. The number of anilines is 1. The molecule has 0 saturated heterocycles. The fourth-order valence-electron chi connectivity index (χ4n) is 0.962. The second-order valence-electron chi connectivity index (χ2n) is 2.42. The topological polar surface area (TPSA) is 49.9 Å². The van der Waals surface area contributed by atoms with Crippen LogP contribution in [-0.4, -0.2) is 5.71 Å². The molecule has 0 saturated carbocycles. The second-order valence-corrected chi connectivity index (χ2v) is 2.42. The molecule has 0 radical (unpaired) electrons. The van der Waals surface area contributed by atoms with Crippen molar-refractivity contribution in [2.75, 3.05) is 5.73 Å². The summed E-state index contributed by atoms with van der Waals surface area (Å²) in [5.74, 6) is 0. The van der Waals surface area contributed by atoms with E-state index in [1.54, 1.807) is 0 Å². The molecule has 0 fully saturated rings. The lowest BCUT2D eigenvalue weighted by Crippen LogP contribution is -2.01. The van der Waals surface area contributed by atoms with E-state index in [9.17, 15) is 0 Å². The molecule has 0 spiro atoms. The Morgan fingerprint density at radius 1 is 1.45 bits per heavy atom. The van der Waals surface area contributed by atoms with Crippen LogP contribution in [0.3, 0.4) is 0 Å². The van der Waals surface area contributed by atoms with E-state index < -0.39 is 0 Å². The first-order valence-corrected chi connectivity index (χ1v) is 3.68. The van der Waals surface area contributed by atoms with Gasteiger partial charge in [0.2, 0.25) is 0 Å². The number of hydrogen-bond donors (Lipinski definition) is 2. The van der Waals surface area contributed by atoms with Crippen molar-refractivity contribution in [2.24, 2.45) is 0 Å². The smallest absolute Gasteiger partial charge is 0.0405 e. The number of nitrogens with two attached hydrogens (primary N) is 1. The Morgan fingerprint density at radius 2 is 2.09 bits per heavy atom. The van der Waals surface area contributed by atoms with Gasteiger partial charge < -0.3 is 11.1 Å². The predicted octanol–water partition coefficient (Wildman–Crippen LogP) is 2.05. The average molecular weight is 148 g/mol. The van der Waals surface area contributed by atoms with Gasteiger partial charge in [0.1, 0.15) is 0 Å². The largest absolute Gasteiger partial charge is 0.398 e. The van der Waals surface area contributed by atoms with Gasteiger partial charge in [0.15, 0.2) is 0 Å². The van der Waals surface area contributed by atoms with Crippen molar-refractivity contribution < 1.29 is 0 Å². The first-order chi connectivity index (χ1) is 5.25. The van der Waals surface area contributed by atoms with Gasteiger partial charge in [0.05, 0.1) is 0 Å². The molecule has 0 aliphatic carbocycles. The number of hydrogen-bond acceptors (Lipinski definition) is 2. The molecule has 0 atom stereocenters. The van der Waals surface area contributed by atoms with E-state index in [4.69, 9.17) is 11.1 Å². The van der Waals surface area contributed by atoms with Crippen LogP contribution < -0.4 is 5.73 Å². The molecule has 2 nitrogen and oxygen atoms in total. The number of nitrogens with one attached hydrogen (secondary N) is 1. The maximum atomic E-state index is 7.54. The SMILES string of the molecule is CCC(=N)c1ccccc1N. The third-order valence-electron chi connectivity index (χ3n) is 1.64. The first kappa shape index (κ1) is 7.79. The van der Waals surface area contributed by atoms with Crippen molar-refractivity contribution in [1.29, 1.82) is 5.41 Å². The van der Waals surface area contributed by atoms with E-state index >= 15 is 0 Å². The summed E-state index contributed by atoms with van der Waals surface area (Å²) in [6.45, 7) is 1.95. The van der Waals surface area contributed by atoms with Crippen LogP contribution >= 0.6 is 0 Å². The van der Waals surface area contributed by atoms with Gasteiger partial charge in [-0.1, -0.05) is 25.1 Å². The highest BCUT2D eigenvalue weighted by Gasteiger charge is 2.00. The second kappa shape index (κ2) is 3.19. The Labute approximate surface area is 66.6 Å². The van der Waals surface area contributed by atoms with E-state index in [-0.39, 0.29) is 0 Å². The summed E-state index contributed by atoms with van der Waals surface area (Å²) in [5, 5.41) is 7.54. The minimum Gasteiger partial charge on any atom is -0.398 e. The van der Waals surface area contributed by atoms with E-state index in [1.165, 1.54) is 0 Å². The van der Waals surface area contributed by atoms with Crippen LogP contribution in [0, 0.1) is 5.41 Å². The quantitative estimate of drug-likeness (QED) is 0.489. The van der Waals surface area contributed by atoms with Gasteiger partial charge in [-0.3, -0.25) is 0 Å². The lowest BCUT2D eigenvalue weighted by Gasteiger charge is -2.03. The summed E-state index contributed by atoms with van der Waals surface area (Å²) in [4.78, 5) is 0. The number of benzene rings is 1. The predicted molar refractivity (Wildman–Crippen MR) is 48.0 cm³/mol. The molecule has 0 unspecified atom stereocenters. The van der Waals surface area contributed by atoms with Gasteiger partial charge >= 0.3 is 0 Å².